The first-order valence-corrected chi connectivity index (χ1v) is 10.8. The Morgan fingerprint density at radius 3 is 2.20 bits per heavy atom. The minimum Gasteiger partial charge on any atom is -0.411 e. The molecule has 1 aliphatic heterocycles. The molecule has 0 bridgehead atoms. The van der Waals surface area contributed by atoms with E-state index in [4.69, 9.17) is 9.16 Å². The molecule has 20 heavy (non-hydrogen) atoms. The highest BCUT2D eigenvalue weighted by Gasteiger charge is 2.47. The van der Waals surface area contributed by atoms with E-state index in [2.05, 4.69) is 40.8 Å². The standard InChI is InChI=1S/C16H32O3Si/c1-7-16(10-11-17,14-8-12-18-13-9-14)19-20(5,6)15(2,3)4/h11,14H,7-10,12-13H2,1-6H3. The summed E-state index contributed by atoms with van der Waals surface area (Å²) in [6, 6.07) is 0. The molecule has 0 saturated carbocycles. The highest BCUT2D eigenvalue weighted by molar-refractivity contribution is 6.74. The third-order valence-corrected chi connectivity index (χ3v) is 9.79. The molecule has 0 aromatic rings. The van der Waals surface area contributed by atoms with Gasteiger partial charge in [0.25, 0.3) is 0 Å². The lowest BCUT2D eigenvalue weighted by atomic mass is 9.78. The van der Waals surface area contributed by atoms with E-state index >= 15 is 0 Å². The van der Waals surface area contributed by atoms with Gasteiger partial charge in [-0.3, -0.25) is 0 Å². The van der Waals surface area contributed by atoms with Crippen molar-refractivity contribution < 1.29 is 14.0 Å². The van der Waals surface area contributed by atoms with Crippen LogP contribution in [0, 0.1) is 5.92 Å². The van der Waals surface area contributed by atoms with Gasteiger partial charge in [-0.2, -0.15) is 0 Å². The van der Waals surface area contributed by atoms with Crippen molar-refractivity contribution >= 4 is 14.6 Å². The van der Waals surface area contributed by atoms with Gasteiger partial charge in [0.1, 0.15) is 6.29 Å². The van der Waals surface area contributed by atoms with Crippen LogP contribution in [0.25, 0.3) is 0 Å². The van der Waals surface area contributed by atoms with Crippen molar-refractivity contribution in [3.63, 3.8) is 0 Å². The van der Waals surface area contributed by atoms with Crippen molar-refractivity contribution in [2.24, 2.45) is 5.92 Å². The molecule has 1 atom stereocenters. The number of carbonyl (C=O) groups excluding carboxylic acids is 1. The molecule has 1 rings (SSSR count). The zero-order valence-corrected chi connectivity index (χ0v) is 15.1. The number of ether oxygens (including phenoxy) is 1. The van der Waals surface area contributed by atoms with Crippen LogP contribution in [0.4, 0.5) is 0 Å². The van der Waals surface area contributed by atoms with Crippen molar-refractivity contribution in [1.82, 2.24) is 0 Å². The lowest BCUT2D eigenvalue weighted by molar-refractivity contribution is -0.117. The van der Waals surface area contributed by atoms with E-state index in [1.807, 2.05) is 0 Å². The van der Waals surface area contributed by atoms with Gasteiger partial charge in [0.05, 0.1) is 5.60 Å². The first-order chi connectivity index (χ1) is 9.18. The lowest BCUT2D eigenvalue weighted by Gasteiger charge is -2.49. The SMILES string of the molecule is CCC(CC=O)(O[Si](C)(C)C(C)(C)C)C1CCOCC1. The van der Waals surface area contributed by atoms with E-state index in [1.54, 1.807) is 0 Å². The maximum absolute atomic E-state index is 11.3. The smallest absolute Gasteiger partial charge is 0.192 e. The largest absolute Gasteiger partial charge is 0.411 e. The molecule has 1 aliphatic rings. The molecular weight excluding hydrogens is 268 g/mol. The second kappa shape index (κ2) is 6.71. The topological polar surface area (TPSA) is 35.5 Å². The lowest BCUT2D eigenvalue weighted by Crippen LogP contribution is -2.54. The molecule has 4 heteroatoms. The Morgan fingerprint density at radius 1 is 1.25 bits per heavy atom. The quantitative estimate of drug-likeness (QED) is 0.545. The predicted molar refractivity (Wildman–Crippen MR) is 85.5 cm³/mol. The summed E-state index contributed by atoms with van der Waals surface area (Å²) in [6.07, 6.45) is 4.49. The van der Waals surface area contributed by atoms with Gasteiger partial charge in [0, 0.05) is 19.6 Å². The van der Waals surface area contributed by atoms with Gasteiger partial charge < -0.3 is 14.0 Å². The van der Waals surface area contributed by atoms with Gasteiger partial charge >= 0.3 is 0 Å². The Balaban J connectivity index is 3.01. The molecule has 0 radical (unpaired) electrons. The van der Waals surface area contributed by atoms with Gasteiger partial charge in [-0.1, -0.05) is 27.7 Å². The van der Waals surface area contributed by atoms with E-state index in [1.165, 1.54) is 0 Å². The molecule has 118 valence electrons. The zero-order chi connectivity index (χ0) is 15.4. The minimum absolute atomic E-state index is 0.168. The predicted octanol–water partition coefficient (Wildman–Crippen LogP) is 4.17. The molecule has 0 aromatic heterocycles. The minimum atomic E-state index is -1.88. The monoisotopic (exact) mass is 300 g/mol. The molecule has 0 aromatic carbocycles. The van der Waals surface area contributed by atoms with Crippen LogP contribution >= 0.6 is 0 Å². The van der Waals surface area contributed by atoms with Crippen molar-refractivity contribution in [3.8, 4) is 0 Å². The summed E-state index contributed by atoms with van der Waals surface area (Å²) in [7, 11) is -1.88. The number of rotatable bonds is 6. The maximum atomic E-state index is 11.3. The van der Waals surface area contributed by atoms with Crippen LogP contribution in [0.1, 0.15) is 53.4 Å². The highest BCUT2D eigenvalue weighted by atomic mass is 28.4. The van der Waals surface area contributed by atoms with E-state index in [9.17, 15) is 4.79 Å². The molecule has 3 nitrogen and oxygen atoms in total. The van der Waals surface area contributed by atoms with Crippen LogP contribution in [0.2, 0.25) is 18.1 Å². The Morgan fingerprint density at radius 2 is 1.80 bits per heavy atom. The zero-order valence-electron chi connectivity index (χ0n) is 14.1. The average Bonchev–Trinajstić information content (AvgIpc) is 2.37. The van der Waals surface area contributed by atoms with Crippen molar-refractivity contribution in [1.29, 1.82) is 0 Å². The first-order valence-electron chi connectivity index (χ1n) is 7.90. The summed E-state index contributed by atoms with van der Waals surface area (Å²) in [6.45, 7) is 15.1. The van der Waals surface area contributed by atoms with Gasteiger partial charge in [0.2, 0.25) is 0 Å². The van der Waals surface area contributed by atoms with Crippen molar-refractivity contribution in [2.45, 2.75) is 77.1 Å². The van der Waals surface area contributed by atoms with Crippen LogP contribution in [0.15, 0.2) is 0 Å². The third kappa shape index (κ3) is 3.92. The van der Waals surface area contributed by atoms with E-state index in [-0.39, 0.29) is 10.6 Å². The first kappa shape index (κ1) is 17.9. The molecule has 0 amide bonds. The second-order valence-corrected chi connectivity index (χ2v) is 12.3. The molecule has 0 N–H and O–H groups in total. The van der Waals surface area contributed by atoms with Gasteiger partial charge in [0.15, 0.2) is 8.32 Å². The van der Waals surface area contributed by atoms with E-state index in [0.717, 1.165) is 38.8 Å². The molecule has 1 unspecified atom stereocenters. The number of carbonyl (C=O) groups is 1. The fourth-order valence-electron chi connectivity index (χ4n) is 2.82. The summed E-state index contributed by atoms with van der Waals surface area (Å²) in [5.74, 6) is 0.445. The maximum Gasteiger partial charge on any atom is 0.192 e. The number of hydrogen-bond acceptors (Lipinski definition) is 3. The third-order valence-electron chi connectivity index (χ3n) is 5.26. The summed E-state index contributed by atoms with van der Waals surface area (Å²) < 4.78 is 12.3. The van der Waals surface area contributed by atoms with E-state index < -0.39 is 8.32 Å². The summed E-state index contributed by atoms with van der Waals surface area (Å²) in [4.78, 5) is 11.3. The van der Waals surface area contributed by atoms with Gasteiger partial charge in [-0.15, -0.1) is 0 Å². The summed E-state index contributed by atoms with van der Waals surface area (Å²) in [5, 5.41) is 0.168. The fourth-order valence-corrected chi connectivity index (χ4v) is 4.54. The summed E-state index contributed by atoms with van der Waals surface area (Å²) in [5.41, 5.74) is -0.283. The normalized spacial score (nSPS) is 21.5. The second-order valence-electron chi connectivity index (χ2n) is 7.54. The number of hydrogen-bond donors (Lipinski definition) is 0. The van der Waals surface area contributed by atoms with Gasteiger partial charge in [-0.25, -0.2) is 0 Å². The Labute approximate surface area is 125 Å². The Hall–Kier alpha value is -0.193. The van der Waals surface area contributed by atoms with Crippen molar-refractivity contribution in [2.75, 3.05) is 13.2 Å². The summed E-state index contributed by atoms with van der Waals surface area (Å²) >= 11 is 0. The molecule has 0 aliphatic carbocycles. The number of aldehydes is 1. The molecule has 1 saturated heterocycles. The van der Waals surface area contributed by atoms with Gasteiger partial charge in [-0.05, 0) is 43.3 Å². The molecule has 0 spiro atoms. The fraction of sp³-hybridized carbons (Fsp3) is 0.938. The average molecular weight is 301 g/mol. The van der Waals surface area contributed by atoms with Crippen LogP contribution < -0.4 is 0 Å². The van der Waals surface area contributed by atoms with Crippen LogP contribution in [-0.4, -0.2) is 33.4 Å². The van der Waals surface area contributed by atoms with Crippen molar-refractivity contribution in [3.05, 3.63) is 0 Å². The highest BCUT2D eigenvalue weighted by Crippen LogP contribution is 2.44. The Bertz CT molecular complexity index is 316. The van der Waals surface area contributed by atoms with Crippen LogP contribution in [-0.2, 0) is 14.0 Å². The molecular formula is C16H32O3Si. The van der Waals surface area contributed by atoms with Crippen LogP contribution in [0.3, 0.4) is 0 Å². The molecule has 1 fully saturated rings. The van der Waals surface area contributed by atoms with Crippen LogP contribution in [0.5, 0.6) is 0 Å². The van der Waals surface area contributed by atoms with E-state index in [0.29, 0.717) is 12.3 Å². The molecule has 1 heterocycles. The Kier molecular flexibility index (Phi) is 5.99.